The number of piperidine rings is 1. The first-order valence-corrected chi connectivity index (χ1v) is 11.0. The van der Waals surface area contributed by atoms with E-state index >= 15 is 0 Å². The number of likely N-dealkylation sites (tertiary alicyclic amines) is 1. The summed E-state index contributed by atoms with van der Waals surface area (Å²) in [5, 5.41) is 4.35. The van der Waals surface area contributed by atoms with Crippen LogP contribution in [0.5, 0.6) is 17.2 Å². The van der Waals surface area contributed by atoms with E-state index in [1.807, 2.05) is 30.0 Å². The lowest BCUT2D eigenvalue weighted by Crippen LogP contribution is -2.44. The first kappa shape index (κ1) is 21.9. The third-order valence-corrected chi connectivity index (χ3v) is 6.30. The number of carbonyl (C=O) groups is 1. The Kier molecular flexibility index (Phi) is 6.44. The minimum absolute atomic E-state index is 0.0543. The Hall–Kier alpha value is -3.35. The molecule has 32 heavy (non-hydrogen) atoms. The van der Waals surface area contributed by atoms with Crippen molar-refractivity contribution in [3.05, 3.63) is 53.7 Å². The number of aromatic nitrogens is 1. The molecule has 0 aliphatic carbocycles. The summed E-state index contributed by atoms with van der Waals surface area (Å²) >= 11 is 0. The molecule has 0 bridgehead atoms. The van der Waals surface area contributed by atoms with Crippen LogP contribution in [0.4, 0.5) is 4.79 Å². The first-order chi connectivity index (χ1) is 15.5. The number of nitrogens with zero attached hydrogens (tertiary/aromatic N) is 1. The van der Waals surface area contributed by atoms with E-state index in [9.17, 15) is 4.79 Å². The molecule has 1 saturated heterocycles. The van der Waals surface area contributed by atoms with Gasteiger partial charge in [0.15, 0.2) is 11.5 Å². The smallest absolute Gasteiger partial charge is 0.317 e. The SMILES string of the molecule is COc1cc(C(C)NC(=O)N2CCC(c3cc4ccccc4[nH]3)CC2)cc(OC)c1OC. The average molecular weight is 438 g/mol. The summed E-state index contributed by atoms with van der Waals surface area (Å²) < 4.78 is 16.3. The number of para-hydroxylation sites is 1. The number of H-pyrrole nitrogens is 1. The van der Waals surface area contributed by atoms with Crippen LogP contribution in [0.2, 0.25) is 0 Å². The van der Waals surface area contributed by atoms with Crippen molar-refractivity contribution in [3.8, 4) is 17.2 Å². The predicted molar refractivity (Wildman–Crippen MR) is 125 cm³/mol. The van der Waals surface area contributed by atoms with Gasteiger partial charge in [0.1, 0.15) is 0 Å². The largest absolute Gasteiger partial charge is 0.493 e. The zero-order valence-corrected chi connectivity index (χ0v) is 19.1. The summed E-state index contributed by atoms with van der Waals surface area (Å²) in [6, 6.07) is 14.1. The van der Waals surface area contributed by atoms with Gasteiger partial charge in [0.05, 0.1) is 27.4 Å². The molecule has 2 amide bonds. The molecular formula is C25H31N3O4. The zero-order chi connectivity index (χ0) is 22.7. The van der Waals surface area contributed by atoms with Gasteiger partial charge in [0.2, 0.25) is 5.75 Å². The van der Waals surface area contributed by atoms with E-state index in [4.69, 9.17) is 14.2 Å². The van der Waals surface area contributed by atoms with E-state index in [1.165, 1.54) is 16.6 Å². The molecule has 2 heterocycles. The highest BCUT2D eigenvalue weighted by atomic mass is 16.5. The van der Waals surface area contributed by atoms with Crippen LogP contribution in [-0.2, 0) is 0 Å². The van der Waals surface area contributed by atoms with E-state index in [-0.39, 0.29) is 12.1 Å². The van der Waals surface area contributed by atoms with Gasteiger partial charge in [-0.25, -0.2) is 4.79 Å². The van der Waals surface area contributed by atoms with Gasteiger partial charge >= 0.3 is 6.03 Å². The van der Waals surface area contributed by atoms with E-state index in [1.54, 1.807) is 21.3 Å². The third-order valence-electron chi connectivity index (χ3n) is 6.30. The van der Waals surface area contributed by atoms with Crippen LogP contribution < -0.4 is 19.5 Å². The Morgan fingerprint density at radius 3 is 2.28 bits per heavy atom. The van der Waals surface area contributed by atoms with E-state index in [0.717, 1.165) is 31.5 Å². The number of fused-ring (bicyclic) bond motifs is 1. The zero-order valence-electron chi connectivity index (χ0n) is 19.1. The molecule has 0 spiro atoms. The van der Waals surface area contributed by atoms with E-state index in [0.29, 0.717) is 23.2 Å². The van der Waals surface area contributed by atoms with Crippen molar-refractivity contribution in [1.29, 1.82) is 0 Å². The van der Waals surface area contributed by atoms with Crippen molar-refractivity contribution in [1.82, 2.24) is 15.2 Å². The molecule has 2 N–H and O–H groups in total. The van der Waals surface area contributed by atoms with Crippen molar-refractivity contribution in [2.24, 2.45) is 0 Å². The fraction of sp³-hybridized carbons (Fsp3) is 0.400. The average Bonchev–Trinajstić information content (AvgIpc) is 3.27. The van der Waals surface area contributed by atoms with Crippen LogP contribution in [0.3, 0.4) is 0 Å². The highest BCUT2D eigenvalue weighted by molar-refractivity contribution is 5.80. The normalized spacial score (nSPS) is 15.4. The second-order valence-corrected chi connectivity index (χ2v) is 8.20. The molecule has 0 radical (unpaired) electrons. The standard InChI is InChI=1S/C25H31N3O4/c1-16(19-14-22(30-2)24(32-4)23(15-19)31-3)26-25(29)28-11-9-17(10-12-28)21-13-18-7-5-6-8-20(18)27-21/h5-8,13-17,27H,9-12H2,1-4H3,(H,26,29). The number of nitrogens with one attached hydrogen (secondary N) is 2. The lowest BCUT2D eigenvalue weighted by Gasteiger charge is -2.32. The molecule has 4 rings (SSSR count). The Morgan fingerprint density at radius 1 is 1.03 bits per heavy atom. The minimum Gasteiger partial charge on any atom is -0.493 e. The summed E-state index contributed by atoms with van der Waals surface area (Å²) in [6.45, 7) is 3.41. The molecule has 1 atom stereocenters. The molecule has 0 saturated carbocycles. The fourth-order valence-electron chi connectivity index (χ4n) is 4.42. The maximum Gasteiger partial charge on any atom is 0.317 e. The summed E-state index contributed by atoms with van der Waals surface area (Å²) in [5.41, 5.74) is 3.32. The highest BCUT2D eigenvalue weighted by Gasteiger charge is 2.26. The van der Waals surface area contributed by atoms with Crippen molar-refractivity contribution in [2.75, 3.05) is 34.4 Å². The second-order valence-electron chi connectivity index (χ2n) is 8.20. The van der Waals surface area contributed by atoms with E-state index < -0.39 is 0 Å². The molecule has 1 fully saturated rings. The molecular weight excluding hydrogens is 406 g/mol. The molecule has 1 aliphatic heterocycles. The number of rotatable bonds is 6. The van der Waals surface area contributed by atoms with Crippen molar-refractivity contribution in [2.45, 2.75) is 31.7 Å². The van der Waals surface area contributed by atoms with Gasteiger partial charge in [0.25, 0.3) is 0 Å². The number of hydrogen-bond acceptors (Lipinski definition) is 4. The number of methoxy groups -OCH3 is 3. The fourth-order valence-corrected chi connectivity index (χ4v) is 4.42. The van der Waals surface area contributed by atoms with Crippen LogP contribution in [-0.4, -0.2) is 50.3 Å². The second kappa shape index (κ2) is 9.42. The lowest BCUT2D eigenvalue weighted by atomic mass is 9.93. The molecule has 7 heteroatoms. The quantitative estimate of drug-likeness (QED) is 0.578. The number of benzene rings is 2. The molecule has 170 valence electrons. The Morgan fingerprint density at radius 2 is 1.69 bits per heavy atom. The summed E-state index contributed by atoms with van der Waals surface area (Å²) in [5.74, 6) is 2.12. The number of urea groups is 1. The Labute approximate surface area is 188 Å². The van der Waals surface area contributed by atoms with Gasteiger partial charge in [-0.1, -0.05) is 18.2 Å². The summed E-state index contributed by atoms with van der Waals surface area (Å²) in [6.07, 6.45) is 1.89. The van der Waals surface area contributed by atoms with Crippen LogP contribution in [0.1, 0.15) is 43.0 Å². The van der Waals surface area contributed by atoms with Crippen LogP contribution in [0.25, 0.3) is 10.9 Å². The van der Waals surface area contributed by atoms with Gasteiger partial charge in [-0.05, 0) is 55.0 Å². The minimum atomic E-state index is -0.206. The van der Waals surface area contributed by atoms with Gasteiger partial charge < -0.3 is 29.4 Å². The maximum atomic E-state index is 12.9. The monoisotopic (exact) mass is 437 g/mol. The van der Waals surface area contributed by atoms with Gasteiger partial charge in [0, 0.05) is 30.2 Å². The number of hydrogen-bond donors (Lipinski definition) is 2. The molecule has 1 aliphatic rings. The Bertz CT molecular complexity index is 1030. The maximum absolute atomic E-state index is 12.9. The van der Waals surface area contributed by atoms with Crippen LogP contribution in [0.15, 0.2) is 42.5 Å². The molecule has 2 aromatic carbocycles. The number of carbonyl (C=O) groups excluding carboxylic acids is 1. The van der Waals surface area contributed by atoms with Gasteiger partial charge in [-0.15, -0.1) is 0 Å². The first-order valence-electron chi connectivity index (χ1n) is 11.0. The lowest BCUT2D eigenvalue weighted by molar-refractivity contribution is 0.178. The Balaban J connectivity index is 1.38. The molecule has 1 aromatic heterocycles. The highest BCUT2D eigenvalue weighted by Crippen LogP contribution is 2.39. The predicted octanol–water partition coefficient (Wildman–Crippen LogP) is 4.84. The van der Waals surface area contributed by atoms with Crippen molar-refractivity contribution < 1.29 is 19.0 Å². The van der Waals surface area contributed by atoms with Gasteiger partial charge in [-0.2, -0.15) is 0 Å². The summed E-state index contributed by atoms with van der Waals surface area (Å²) in [7, 11) is 4.74. The topological polar surface area (TPSA) is 75.8 Å². The van der Waals surface area contributed by atoms with Crippen molar-refractivity contribution in [3.63, 3.8) is 0 Å². The molecule has 1 unspecified atom stereocenters. The summed E-state index contributed by atoms with van der Waals surface area (Å²) in [4.78, 5) is 18.4. The number of amides is 2. The number of aromatic amines is 1. The third kappa shape index (κ3) is 4.33. The van der Waals surface area contributed by atoms with E-state index in [2.05, 4.69) is 34.6 Å². The van der Waals surface area contributed by atoms with Crippen molar-refractivity contribution >= 4 is 16.9 Å². The number of ether oxygens (including phenoxy) is 3. The van der Waals surface area contributed by atoms with Crippen LogP contribution >= 0.6 is 0 Å². The van der Waals surface area contributed by atoms with Crippen LogP contribution in [0, 0.1) is 0 Å². The molecule has 7 nitrogen and oxygen atoms in total. The van der Waals surface area contributed by atoms with Gasteiger partial charge in [-0.3, -0.25) is 0 Å². The molecule has 3 aromatic rings.